The number of nitrogens with zero attached hydrogens (tertiary/aromatic N) is 1. The fourth-order valence-corrected chi connectivity index (χ4v) is 1.51. The molecule has 0 saturated carbocycles. The zero-order valence-corrected chi connectivity index (χ0v) is 7.93. The highest BCUT2D eigenvalue weighted by molar-refractivity contribution is 7.09. The maximum Gasteiger partial charge on any atom is 0.119 e. The lowest BCUT2D eigenvalue weighted by atomic mass is 10.5. The molecule has 1 heterocycles. The second kappa shape index (κ2) is 5.24. The summed E-state index contributed by atoms with van der Waals surface area (Å²) in [5.41, 5.74) is 0.732. The zero-order chi connectivity index (χ0) is 8.81. The molecular weight excluding hydrogens is 174 g/mol. The Labute approximate surface area is 76.0 Å². The fourth-order valence-electron chi connectivity index (χ4n) is 0.792. The molecule has 0 saturated heterocycles. The van der Waals surface area contributed by atoms with Crippen molar-refractivity contribution in [3.8, 4) is 0 Å². The molecule has 0 spiro atoms. The lowest BCUT2D eigenvalue weighted by Crippen LogP contribution is -1.93. The highest BCUT2D eigenvalue weighted by Crippen LogP contribution is 2.10. The van der Waals surface area contributed by atoms with E-state index >= 15 is 0 Å². The molecule has 1 aromatic heterocycles. The van der Waals surface area contributed by atoms with Crippen molar-refractivity contribution in [1.29, 1.82) is 0 Å². The lowest BCUT2D eigenvalue weighted by molar-refractivity contribution is 0.121. The molecule has 0 unspecified atom stereocenters. The molecule has 0 radical (unpaired) electrons. The molecule has 0 aliphatic heterocycles. The molecule has 0 fully saturated rings. The van der Waals surface area contributed by atoms with E-state index < -0.39 is 0 Å². The first-order chi connectivity index (χ1) is 5.86. The van der Waals surface area contributed by atoms with E-state index in [4.69, 9.17) is 9.84 Å². The minimum absolute atomic E-state index is 0.0181. The number of aliphatic hydroxyl groups is 1. The number of hydrogen-bond acceptors (Lipinski definition) is 4. The van der Waals surface area contributed by atoms with Crippen molar-refractivity contribution >= 4 is 11.3 Å². The minimum atomic E-state index is 0.0181. The first-order valence-electron chi connectivity index (χ1n) is 3.98. The summed E-state index contributed by atoms with van der Waals surface area (Å²) < 4.78 is 5.29. The van der Waals surface area contributed by atoms with E-state index in [1.807, 2.05) is 5.38 Å². The van der Waals surface area contributed by atoms with Crippen molar-refractivity contribution in [3.05, 3.63) is 16.1 Å². The molecule has 0 atom stereocenters. The average molecular weight is 187 g/mol. The Bertz CT molecular complexity index is 225. The standard InChI is InChI=1S/C8H13NO2S/c1-2-3-11-5-8-9-7(4-10)6-12-8/h6,10H,2-5H2,1H3. The third-order valence-electron chi connectivity index (χ3n) is 1.34. The van der Waals surface area contributed by atoms with Gasteiger partial charge in [-0.3, -0.25) is 0 Å². The number of aliphatic hydroxyl groups excluding tert-OH is 1. The van der Waals surface area contributed by atoms with Crippen molar-refractivity contribution in [2.45, 2.75) is 26.6 Å². The summed E-state index contributed by atoms with van der Waals surface area (Å²) in [5, 5.41) is 11.5. The summed E-state index contributed by atoms with van der Waals surface area (Å²) in [5.74, 6) is 0. The van der Waals surface area contributed by atoms with Gasteiger partial charge in [0.1, 0.15) is 5.01 Å². The normalized spacial score (nSPS) is 10.5. The highest BCUT2D eigenvalue weighted by Gasteiger charge is 1.99. The van der Waals surface area contributed by atoms with Crippen molar-refractivity contribution < 1.29 is 9.84 Å². The Hall–Kier alpha value is -0.450. The molecular formula is C8H13NO2S. The maximum absolute atomic E-state index is 8.73. The van der Waals surface area contributed by atoms with Gasteiger partial charge in [-0.25, -0.2) is 4.98 Å². The third kappa shape index (κ3) is 2.89. The van der Waals surface area contributed by atoms with E-state index in [2.05, 4.69) is 11.9 Å². The van der Waals surface area contributed by atoms with E-state index in [0.29, 0.717) is 6.61 Å². The summed E-state index contributed by atoms with van der Waals surface area (Å²) in [6.45, 7) is 3.43. The van der Waals surface area contributed by atoms with Crippen molar-refractivity contribution in [2.75, 3.05) is 6.61 Å². The Kier molecular flexibility index (Phi) is 4.21. The monoisotopic (exact) mass is 187 g/mol. The van der Waals surface area contributed by atoms with E-state index in [9.17, 15) is 0 Å². The van der Waals surface area contributed by atoms with Crippen molar-refractivity contribution in [1.82, 2.24) is 4.98 Å². The predicted octanol–water partition coefficient (Wildman–Crippen LogP) is 1.56. The van der Waals surface area contributed by atoms with Crippen LogP contribution in [0, 0.1) is 0 Å². The van der Waals surface area contributed by atoms with Crippen LogP contribution >= 0.6 is 11.3 Å². The average Bonchev–Trinajstić information content (AvgIpc) is 2.53. The van der Waals surface area contributed by atoms with E-state index in [1.165, 1.54) is 11.3 Å². The first kappa shape index (κ1) is 9.64. The number of aromatic nitrogens is 1. The number of rotatable bonds is 5. The topological polar surface area (TPSA) is 42.4 Å². The molecule has 1 aromatic rings. The van der Waals surface area contributed by atoms with Crippen LogP contribution in [0.15, 0.2) is 5.38 Å². The Morgan fingerprint density at radius 2 is 2.50 bits per heavy atom. The molecule has 0 aromatic carbocycles. The molecule has 3 nitrogen and oxygen atoms in total. The lowest BCUT2D eigenvalue weighted by Gasteiger charge is -1.96. The maximum atomic E-state index is 8.73. The third-order valence-corrected chi connectivity index (χ3v) is 2.21. The van der Waals surface area contributed by atoms with Crippen LogP contribution in [-0.4, -0.2) is 16.7 Å². The van der Waals surface area contributed by atoms with Crippen molar-refractivity contribution in [2.24, 2.45) is 0 Å². The quantitative estimate of drug-likeness (QED) is 0.711. The second-order valence-corrected chi connectivity index (χ2v) is 3.39. The van der Waals surface area contributed by atoms with Gasteiger partial charge in [0.15, 0.2) is 0 Å². The van der Waals surface area contributed by atoms with Gasteiger partial charge in [-0.15, -0.1) is 11.3 Å². The van der Waals surface area contributed by atoms with Crippen LogP contribution in [0.5, 0.6) is 0 Å². The van der Waals surface area contributed by atoms with Gasteiger partial charge in [0.2, 0.25) is 0 Å². The Morgan fingerprint density at radius 1 is 1.67 bits per heavy atom. The summed E-state index contributed by atoms with van der Waals surface area (Å²) >= 11 is 1.53. The van der Waals surface area contributed by atoms with Gasteiger partial charge in [-0.2, -0.15) is 0 Å². The number of thiazole rings is 1. The van der Waals surface area contributed by atoms with Gasteiger partial charge in [0.05, 0.1) is 18.9 Å². The van der Waals surface area contributed by atoms with Gasteiger partial charge in [-0.1, -0.05) is 6.92 Å². The summed E-state index contributed by atoms with van der Waals surface area (Å²) in [6.07, 6.45) is 1.03. The molecule has 0 amide bonds. The summed E-state index contributed by atoms with van der Waals surface area (Å²) in [4.78, 5) is 4.14. The summed E-state index contributed by atoms with van der Waals surface area (Å²) in [6, 6.07) is 0. The molecule has 0 aliphatic rings. The van der Waals surface area contributed by atoms with Crippen LogP contribution in [0.4, 0.5) is 0 Å². The first-order valence-corrected chi connectivity index (χ1v) is 4.86. The Balaban J connectivity index is 2.31. The fraction of sp³-hybridized carbons (Fsp3) is 0.625. The van der Waals surface area contributed by atoms with E-state index in [0.717, 1.165) is 23.7 Å². The minimum Gasteiger partial charge on any atom is -0.390 e. The molecule has 1 rings (SSSR count). The molecule has 68 valence electrons. The van der Waals surface area contributed by atoms with Gasteiger partial charge in [0, 0.05) is 12.0 Å². The molecule has 0 bridgehead atoms. The SMILES string of the molecule is CCCOCc1nc(CO)cs1. The largest absolute Gasteiger partial charge is 0.390 e. The molecule has 4 heteroatoms. The number of hydrogen-bond donors (Lipinski definition) is 1. The van der Waals surface area contributed by atoms with Gasteiger partial charge in [-0.05, 0) is 6.42 Å². The van der Waals surface area contributed by atoms with Crippen LogP contribution < -0.4 is 0 Å². The van der Waals surface area contributed by atoms with Gasteiger partial charge < -0.3 is 9.84 Å². The van der Waals surface area contributed by atoms with Crippen LogP contribution in [0.25, 0.3) is 0 Å². The van der Waals surface area contributed by atoms with Crippen LogP contribution in [0.3, 0.4) is 0 Å². The molecule has 1 N–H and O–H groups in total. The summed E-state index contributed by atoms with van der Waals surface area (Å²) in [7, 11) is 0. The second-order valence-electron chi connectivity index (χ2n) is 2.44. The highest BCUT2D eigenvalue weighted by atomic mass is 32.1. The zero-order valence-electron chi connectivity index (χ0n) is 7.12. The Morgan fingerprint density at radius 3 is 3.08 bits per heavy atom. The van der Waals surface area contributed by atoms with E-state index in [1.54, 1.807) is 0 Å². The van der Waals surface area contributed by atoms with Gasteiger partial charge in [0.25, 0.3) is 0 Å². The van der Waals surface area contributed by atoms with Crippen LogP contribution in [-0.2, 0) is 18.0 Å². The molecule has 12 heavy (non-hydrogen) atoms. The van der Waals surface area contributed by atoms with Crippen LogP contribution in [0.1, 0.15) is 24.0 Å². The predicted molar refractivity (Wildman–Crippen MR) is 48.0 cm³/mol. The smallest absolute Gasteiger partial charge is 0.119 e. The van der Waals surface area contributed by atoms with Crippen LogP contribution in [0.2, 0.25) is 0 Å². The van der Waals surface area contributed by atoms with Gasteiger partial charge >= 0.3 is 0 Å². The molecule has 0 aliphatic carbocycles. The number of ether oxygens (including phenoxy) is 1. The van der Waals surface area contributed by atoms with E-state index in [-0.39, 0.29) is 6.61 Å². The van der Waals surface area contributed by atoms with Crippen molar-refractivity contribution in [3.63, 3.8) is 0 Å².